The molecule has 28 nitrogen and oxygen atoms in total. The van der Waals surface area contributed by atoms with Gasteiger partial charge in [-0.3, -0.25) is 28.8 Å². The number of carbonyl (C=O) groups excluding carboxylic acids is 8. The van der Waals surface area contributed by atoms with Gasteiger partial charge in [0.2, 0.25) is 23.6 Å². The van der Waals surface area contributed by atoms with Crippen molar-refractivity contribution < 1.29 is 94.6 Å². The van der Waals surface area contributed by atoms with Crippen molar-refractivity contribution >= 4 is 79.2 Å². The molecule has 2 fully saturated rings. The third kappa shape index (κ3) is 17.0. The van der Waals surface area contributed by atoms with Crippen molar-refractivity contribution in [3.8, 4) is 34.5 Å². The zero-order valence-electron chi connectivity index (χ0n) is 43.6. The van der Waals surface area contributed by atoms with Gasteiger partial charge in [-0.15, -0.1) is 0 Å². The molecule has 0 aromatic heterocycles. The van der Waals surface area contributed by atoms with E-state index in [0.29, 0.717) is 36.8 Å². The second kappa shape index (κ2) is 28.0. The maximum atomic E-state index is 12.8. The number of amides is 6. The number of nitrogens with one attached hydrogen (secondary N) is 6. The van der Waals surface area contributed by atoms with Crippen LogP contribution in [0.15, 0.2) is 72.8 Å². The number of aromatic hydroxyl groups is 4. The topological polar surface area (TPSA) is 401 Å². The largest absolute Gasteiger partial charge is 0.507 e. The van der Waals surface area contributed by atoms with E-state index < -0.39 is 104 Å². The van der Waals surface area contributed by atoms with Crippen molar-refractivity contribution in [1.29, 1.82) is 0 Å². The second-order valence-electron chi connectivity index (χ2n) is 17.6. The number of nitrogens with zero attached hydrogens (tertiary/aromatic N) is 2. The van der Waals surface area contributed by atoms with E-state index >= 15 is 0 Å². The highest BCUT2D eigenvalue weighted by molar-refractivity contribution is 7.92. The van der Waals surface area contributed by atoms with Crippen molar-refractivity contribution in [1.82, 2.24) is 30.7 Å². The van der Waals surface area contributed by atoms with Crippen LogP contribution in [0.2, 0.25) is 0 Å². The minimum Gasteiger partial charge on any atom is -0.507 e. The molecule has 6 amide bonds. The highest BCUT2D eigenvalue weighted by Gasteiger charge is 2.37. The zero-order chi connectivity index (χ0) is 58.9. The molecule has 30 heteroatoms. The molecule has 432 valence electrons. The van der Waals surface area contributed by atoms with Gasteiger partial charge in [0.25, 0.3) is 11.8 Å². The number of rotatable bonds is 24. The summed E-state index contributed by atoms with van der Waals surface area (Å²) < 4.78 is 73.8. The summed E-state index contributed by atoms with van der Waals surface area (Å²) in [5, 5.41) is 51.2. The van der Waals surface area contributed by atoms with Gasteiger partial charge in [-0.1, -0.05) is 24.3 Å². The molecular formula is C50H60N8O20S2. The summed E-state index contributed by atoms with van der Waals surface area (Å²) in [6.45, 7) is 2.44. The summed E-state index contributed by atoms with van der Waals surface area (Å²) >= 11 is 0. The standard InChI is InChI=1S/2C25H30N4O10S/c2*1-15(30)27-17(12-16-8-9-18(20(32)13-16)29-14-22(33)28-40(29,36)37)24(34)26-10-3-4-11-39-21-7-5-6-19(31)23(21)25(35)38-2/h2*5-9,13,17,31-32H,3-4,10-12,14H2,1-2H3,(H,26,34)(H,27,30)(H,28,33)/t17-;/m0./s1. The van der Waals surface area contributed by atoms with Gasteiger partial charge < -0.3 is 60.6 Å². The van der Waals surface area contributed by atoms with Crippen molar-refractivity contribution in [2.45, 2.75) is 64.5 Å². The minimum absolute atomic E-state index is 0.0000995. The molecular weight excluding hydrogens is 1100 g/mol. The molecule has 1 unspecified atom stereocenters. The summed E-state index contributed by atoms with van der Waals surface area (Å²) in [6, 6.07) is 14.9. The smallest absolute Gasteiger partial charge is 0.345 e. The van der Waals surface area contributed by atoms with Crippen molar-refractivity contribution in [3.05, 3.63) is 95.1 Å². The highest BCUT2D eigenvalue weighted by atomic mass is 32.2. The summed E-state index contributed by atoms with van der Waals surface area (Å²) in [5.74, 6) is -5.81. The number of phenols is 4. The summed E-state index contributed by atoms with van der Waals surface area (Å²) in [7, 11) is -5.83. The van der Waals surface area contributed by atoms with Gasteiger partial charge in [0.05, 0.1) is 38.8 Å². The molecule has 0 radical (unpaired) electrons. The Morgan fingerprint density at radius 3 is 1.25 bits per heavy atom. The number of methoxy groups -OCH3 is 2. The van der Waals surface area contributed by atoms with Crippen molar-refractivity contribution in [2.75, 3.05) is 62.2 Å². The van der Waals surface area contributed by atoms with Crippen molar-refractivity contribution in [2.24, 2.45) is 0 Å². The molecule has 2 heterocycles. The number of hydrogen-bond donors (Lipinski definition) is 10. The predicted octanol–water partition coefficient (Wildman–Crippen LogP) is 0.176. The van der Waals surface area contributed by atoms with Crippen LogP contribution in [0.1, 0.15) is 71.4 Å². The maximum absolute atomic E-state index is 12.8. The van der Waals surface area contributed by atoms with Crippen molar-refractivity contribution in [3.63, 3.8) is 0 Å². The average molecular weight is 1160 g/mol. The third-order valence-corrected chi connectivity index (χ3v) is 14.4. The van der Waals surface area contributed by atoms with E-state index in [-0.39, 0.29) is 84.6 Å². The van der Waals surface area contributed by atoms with Crippen LogP contribution in [0, 0.1) is 0 Å². The lowest BCUT2D eigenvalue weighted by Crippen LogP contribution is -2.47. The van der Waals surface area contributed by atoms with Gasteiger partial charge in [0.1, 0.15) is 70.8 Å². The molecule has 10 N–H and O–H groups in total. The SMILES string of the molecule is COC(=O)c1c(O)cccc1OCCCCNC(=O)C(Cc1ccc(N2CC(=O)NS2(=O)=O)c(O)c1)NC(C)=O.COC(=O)c1c(O)cccc1OCCCCNC(=O)[C@H](Cc1ccc(N2CC(=O)NS2(=O)=O)c(O)c1)NC(C)=O. The normalized spacial score (nSPS) is 14.7. The summed E-state index contributed by atoms with van der Waals surface area (Å²) in [6.07, 6.45) is 1.98. The molecule has 2 aliphatic heterocycles. The first-order chi connectivity index (χ1) is 37.8. The first-order valence-corrected chi connectivity index (χ1v) is 27.2. The first kappa shape index (κ1) is 61.8. The number of ether oxygens (including phenoxy) is 4. The van der Waals surface area contributed by atoms with Gasteiger partial charge in [0.15, 0.2) is 0 Å². The predicted molar refractivity (Wildman–Crippen MR) is 282 cm³/mol. The van der Waals surface area contributed by atoms with Crippen LogP contribution in [0.5, 0.6) is 34.5 Å². The number of benzene rings is 4. The van der Waals surface area contributed by atoms with Crippen LogP contribution in [0.4, 0.5) is 11.4 Å². The molecule has 0 spiro atoms. The quantitative estimate of drug-likeness (QED) is 0.0330. The van der Waals surface area contributed by atoms with E-state index in [1.54, 1.807) is 0 Å². The monoisotopic (exact) mass is 1160 g/mol. The summed E-state index contributed by atoms with van der Waals surface area (Å²) in [5.41, 5.74) is 0.507. The van der Waals surface area contributed by atoms with Gasteiger partial charge in [0, 0.05) is 39.8 Å². The lowest BCUT2D eigenvalue weighted by molar-refractivity contribution is -0.128. The molecule has 2 aliphatic rings. The Morgan fingerprint density at radius 2 is 0.938 bits per heavy atom. The van der Waals surface area contributed by atoms with E-state index in [1.165, 1.54) is 101 Å². The molecule has 80 heavy (non-hydrogen) atoms. The van der Waals surface area contributed by atoms with Crippen LogP contribution < -0.4 is 48.8 Å². The second-order valence-corrected chi connectivity index (χ2v) is 20.8. The number of carbonyl (C=O) groups is 8. The van der Waals surface area contributed by atoms with Gasteiger partial charge >= 0.3 is 32.4 Å². The first-order valence-electron chi connectivity index (χ1n) is 24.3. The number of esters is 2. The lowest BCUT2D eigenvalue weighted by atomic mass is 10.0. The van der Waals surface area contributed by atoms with Gasteiger partial charge in [-0.25, -0.2) is 27.6 Å². The van der Waals surface area contributed by atoms with Crippen LogP contribution in [0.3, 0.4) is 0 Å². The molecule has 4 aromatic carbocycles. The Bertz CT molecular complexity index is 3000. The Morgan fingerprint density at radius 1 is 0.562 bits per heavy atom. The van der Waals surface area contributed by atoms with Crippen LogP contribution in [-0.4, -0.2) is 150 Å². The molecule has 0 saturated carbocycles. The van der Waals surface area contributed by atoms with E-state index in [4.69, 9.17) is 9.47 Å². The van der Waals surface area contributed by atoms with E-state index in [1.807, 2.05) is 9.44 Å². The van der Waals surface area contributed by atoms with E-state index in [2.05, 4.69) is 30.7 Å². The molecule has 4 aromatic rings. The van der Waals surface area contributed by atoms with Crippen LogP contribution in [-0.2, 0) is 71.5 Å². The summed E-state index contributed by atoms with van der Waals surface area (Å²) in [4.78, 5) is 95.7. The van der Waals surface area contributed by atoms with Gasteiger partial charge in [-0.2, -0.15) is 16.8 Å². The molecule has 2 saturated heterocycles. The zero-order valence-corrected chi connectivity index (χ0v) is 45.2. The third-order valence-electron chi connectivity index (χ3n) is 11.6. The molecule has 0 bridgehead atoms. The Labute approximate surface area is 459 Å². The molecule has 6 rings (SSSR count). The average Bonchev–Trinajstić information content (AvgIpc) is 3.89. The van der Waals surface area contributed by atoms with Gasteiger partial charge in [-0.05, 0) is 85.3 Å². The Balaban J connectivity index is 0.000000294. The number of anilines is 2. The number of unbranched alkanes of at least 4 members (excludes halogenated alkanes) is 2. The number of hydrogen-bond acceptors (Lipinski definition) is 20. The fourth-order valence-corrected chi connectivity index (χ4v) is 10.2. The van der Waals surface area contributed by atoms with Crippen LogP contribution >= 0.6 is 0 Å². The van der Waals surface area contributed by atoms with Crippen LogP contribution in [0.25, 0.3) is 0 Å². The van der Waals surface area contributed by atoms with E-state index in [9.17, 15) is 75.6 Å². The Hall–Kier alpha value is -9.06. The fourth-order valence-electron chi connectivity index (χ4n) is 7.90. The molecule has 2 atom stereocenters. The Kier molecular flexibility index (Phi) is 21.6. The maximum Gasteiger partial charge on any atom is 0.345 e. The minimum atomic E-state index is -4.11. The van der Waals surface area contributed by atoms with E-state index in [0.717, 1.165) is 8.61 Å². The molecule has 0 aliphatic carbocycles. The number of phenolic OH excluding ortho intramolecular Hbond substituents is 4. The lowest BCUT2D eigenvalue weighted by Gasteiger charge is -2.20. The fraction of sp³-hybridized carbons (Fsp3) is 0.360. The highest BCUT2D eigenvalue weighted by Crippen LogP contribution is 2.34.